The van der Waals surface area contributed by atoms with Gasteiger partial charge in [0.1, 0.15) is 5.76 Å². The average molecular weight is 323 g/mol. The van der Waals surface area contributed by atoms with Crippen LogP contribution in [0.15, 0.2) is 25.7 Å². The minimum atomic E-state index is 0.364. The largest absolute Gasteiger partial charge is 0.449 e. The van der Waals surface area contributed by atoms with Crippen molar-refractivity contribution in [1.29, 1.82) is 0 Å². The Morgan fingerprint density at radius 1 is 1.57 bits per heavy atom. The molecule has 0 fully saturated rings. The Morgan fingerprint density at radius 3 is 2.79 bits per heavy atom. The number of hydrogen-bond donors (Lipinski definition) is 1. The molecule has 0 bridgehead atoms. The molecule has 1 N–H and O–H groups in total. The summed E-state index contributed by atoms with van der Waals surface area (Å²) >= 11 is 6.65. The van der Waals surface area contributed by atoms with Crippen molar-refractivity contribution < 1.29 is 4.42 Å². The molecule has 4 heteroatoms. The maximum absolute atomic E-state index is 5.40. The van der Waals surface area contributed by atoms with Crippen LogP contribution < -0.4 is 5.32 Å². The third-order valence-corrected chi connectivity index (χ3v) is 3.45. The molecule has 1 atom stereocenters. The molecule has 0 amide bonds. The molecule has 0 spiro atoms. The van der Waals surface area contributed by atoms with E-state index in [4.69, 9.17) is 4.42 Å². The molecule has 0 aliphatic rings. The molecule has 1 unspecified atom stereocenters. The van der Waals surface area contributed by atoms with Crippen LogP contribution in [-0.4, -0.2) is 12.6 Å². The lowest BCUT2D eigenvalue weighted by Crippen LogP contribution is -2.22. The first-order valence-corrected chi connectivity index (χ1v) is 6.08. The molecule has 14 heavy (non-hydrogen) atoms. The van der Waals surface area contributed by atoms with Crippen LogP contribution in [0.25, 0.3) is 6.08 Å². The Morgan fingerprint density at radius 2 is 2.29 bits per heavy atom. The van der Waals surface area contributed by atoms with Crippen molar-refractivity contribution in [3.63, 3.8) is 0 Å². The summed E-state index contributed by atoms with van der Waals surface area (Å²) in [5, 5.41) is 3.29. The molecule has 1 aromatic heterocycles. The molecule has 0 aromatic carbocycles. The molecular weight excluding hydrogens is 310 g/mol. The van der Waals surface area contributed by atoms with Crippen molar-refractivity contribution in [3.05, 3.63) is 27.0 Å². The Hall–Kier alpha value is -0.0600. The third-order valence-electron chi connectivity index (χ3n) is 1.74. The second-order valence-corrected chi connectivity index (χ2v) is 4.55. The van der Waals surface area contributed by atoms with Gasteiger partial charge in [-0.05, 0) is 57.5 Å². The summed E-state index contributed by atoms with van der Waals surface area (Å²) in [4.78, 5) is 0. The van der Waals surface area contributed by atoms with Gasteiger partial charge in [0, 0.05) is 6.04 Å². The topological polar surface area (TPSA) is 25.2 Å². The third kappa shape index (κ3) is 3.59. The minimum absolute atomic E-state index is 0.364. The second kappa shape index (κ2) is 5.73. The predicted molar refractivity (Wildman–Crippen MR) is 66.3 cm³/mol. The van der Waals surface area contributed by atoms with Gasteiger partial charge in [0.25, 0.3) is 0 Å². The van der Waals surface area contributed by atoms with Crippen LogP contribution in [0.5, 0.6) is 0 Å². The lowest BCUT2D eigenvalue weighted by Gasteiger charge is -2.04. The van der Waals surface area contributed by atoms with Crippen LogP contribution in [0.2, 0.25) is 0 Å². The monoisotopic (exact) mass is 321 g/mol. The fraction of sp³-hybridized carbons (Fsp3) is 0.400. The zero-order valence-corrected chi connectivity index (χ0v) is 11.4. The zero-order chi connectivity index (χ0) is 10.6. The fourth-order valence-corrected chi connectivity index (χ4v) is 1.68. The highest BCUT2D eigenvalue weighted by Crippen LogP contribution is 2.27. The Labute approximate surface area is 101 Å². The molecule has 2 nitrogen and oxygen atoms in total. The van der Waals surface area contributed by atoms with Gasteiger partial charge >= 0.3 is 0 Å². The summed E-state index contributed by atoms with van der Waals surface area (Å²) < 4.78 is 7.07. The maximum atomic E-state index is 5.40. The smallest absolute Gasteiger partial charge is 0.184 e. The van der Waals surface area contributed by atoms with Crippen molar-refractivity contribution in [3.8, 4) is 0 Å². The van der Waals surface area contributed by atoms with Gasteiger partial charge in [-0.1, -0.05) is 13.0 Å². The lowest BCUT2D eigenvalue weighted by atomic mass is 10.3. The summed E-state index contributed by atoms with van der Waals surface area (Å²) in [6, 6.07) is 2.29. The van der Waals surface area contributed by atoms with Crippen LogP contribution in [0.4, 0.5) is 0 Å². The van der Waals surface area contributed by atoms with E-state index in [0.29, 0.717) is 6.04 Å². The van der Waals surface area contributed by atoms with E-state index in [1.54, 1.807) is 0 Å². The second-order valence-electron chi connectivity index (χ2n) is 2.98. The van der Waals surface area contributed by atoms with Gasteiger partial charge in [-0.2, -0.15) is 0 Å². The molecule has 78 valence electrons. The summed E-state index contributed by atoms with van der Waals surface area (Å²) in [5.74, 6) is 0.841. The highest BCUT2D eigenvalue weighted by molar-refractivity contribution is 9.13. The van der Waals surface area contributed by atoms with E-state index in [1.807, 2.05) is 12.1 Å². The van der Waals surface area contributed by atoms with Gasteiger partial charge in [-0.15, -0.1) is 0 Å². The molecular formula is C10H13Br2NO. The number of hydrogen-bond acceptors (Lipinski definition) is 2. The summed E-state index contributed by atoms with van der Waals surface area (Å²) in [6.45, 7) is 5.16. The minimum Gasteiger partial charge on any atom is -0.449 e. The van der Waals surface area contributed by atoms with Crippen molar-refractivity contribution in [2.45, 2.75) is 19.9 Å². The van der Waals surface area contributed by atoms with Gasteiger partial charge in [0.05, 0.1) is 4.47 Å². The van der Waals surface area contributed by atoms with Crippen LogP contribution >= 0.6 is 31.9 Å². The van der Waals surface area contributed by atoms with Crippen LogP contribution in [0.1, 0.15) is 19.6 Å². The zero-order valence-electron chi connectivity index (χ0n) is 8.18. The van der Waals surface area contributed by atoms with Crippen molar-refractivity contribution in [2.24, 2.45) is 0 Å². The van der Waals surface area contributed by atoms with Crippen molar-refractivity contribution in [2.75, 3.05) is 6.54 Å². The maximum Gasteiger partial charge on any atom is 0.184 e. The predicted octanol–water partition coefficient (Wildman–Crippen LogP) is 3.82. The van der Waals surface area contributed by atoms with Crippen LogP contribution in [0.3, 0.4) is 0 Å². The molecule has 0 saturated heterocycles. The van der Waals surface area contributed by atoms with Crippen LogP contribution in [0, 0.1) is 0 Å². The summed E-state index contributed by atoms with van der Waals surface area (Å²) in [5.41, 5.74) is 0. The van der Waals surface area contributed by atoms with Gasteiger partial charge in [0.15, 0.2) is 4.67 Å². The first kappa shape index (κ1) is 12.0. The standard InChI is InChI=1S/C10H13Br2NO/c1-3-13-7(2)4-5-8-6-9(11)10(12)14-8/h4-7,13H,3H2,1-2H3/b5-4+. The van der Waals surface area contributed by atoms with Crippen LogP contribution in [-0.2, 0) is 0 Å². The first-order valence-electron chi connectivity index (χ1n) is 4.50. The SMILES string of the molecule is CCNC(C)/C=C/c1cc(Br)c(Br)o1. The highest BCUT2D eigenvalue weighted by atomic mass is 79.9. The van der Waals surface area contributed by atoms with E-state index in [2.05, 4.69) is 57.1 Å². The van der Waals surface area contributed by atoms with E-state index < -0.39 is 0 Å². The molecule has 0 aliphatic heterocycles. The number of furan rings is 1. The number of halogens is 2. The number of likely N-dealkylation sites (N-methyl/N-ethyl adjacent to an activating group) is 1. The van der Waals surface area contributed by atoms with Gasteiger partial charge in [-0.3, -0.25) is 0 Å². The average Bonchev–Trinajstić information content (AvgIpc) is 2.44. The van der Waals surface area contributed by atoms with Gasteiger partial charge in [-0.25, -0.2) is 0 Å². The molecule has 0 saturated carbocycles. The van der Waals surface area contributed by atoms with Gasteiger partial charge in [0.2, 0.25) is 0 Å². The quantitative estimate of drug-likeness (QED) is 0.911. The molecule has 1 aromatic rings. The Kier molecular flexibility index (Phi) is 4.92. The number of rotatable bonds is 4. The Balaban J connectivity index is 2.59. The molecule has 1 heterocycles. The highest BCUT2D eigenvalue weighted by Gasteiger charge is 2.03. The van der Waals surface area contributed by atoms with E-state index in [-0.39, 0.29) is 0 Å². The number of nitrogens with one attached hydrogen (secondary N) is 1. The van der Waals surface area contributed by atoms with E-state index in [9.17, 15) is 0 Å². The van der Waals surface area contributed by atoms with E-state index >= 15 is 0 Å². The molecule has 1 rings (SSSR count). The van der Waals surface area contributed by atoms with Gasteiger partial charge < -0.3 is 9.73 Å². The van der Waals surface area contributed by atoms with Crippen molar-refractivity contribution in [1.82, 2.24) is 5.32 Å². The summed E-state index contributed by atoms with van der Waals surface area (Å²) in [6.07, 6.45) is 4.03. The normalized spacial score (nSPS) is 13.7. The van der Waals surface area contributed by atoms with E-state index in [0.717, 1.165) is 21.4 Å². The first-order chi connectivity index (χ1) is 6.63. The fourth-order valence-electron chi connectivity index (χ4n) is 1.07. The lowest BCUT2D eigenvalue weighted by molar-refractivity contribution is 0.529. The summed E-state index contributed by atoms with van der Waals surface area (Å²) in [7, 11) is 0. The molecule has 0 radical (unpaired) electrons. The molecule has 0 aliphatic carbocycles. The van der Waals surface area contributed by atoms with Crippen molar-refractivity contribution >= 4 is 37.9 Å². The van der Waals surface area contributed by atoms with E-state index in [1.165, 1.54) is 0 Å². The Bertz CT molecular complexity index is 300.